The highest BCUT2D eigenvalue weighted by atomic mass is 32.2. The minimum Gasteiger partial charge on any atom is -0.508 e. The van der Waals surface area contributed by atoms with Crippen molar-refractivity contribution in [2.24, 2.45) is 11.3 Å². The van der Waals surface area contributed by atoms with Crippen molar-refractivity contribution in [3.05, 3.63) is 128 Å². The summed E-state index contributed by atoms with van der Waals surface area (Å²) in [5, 5.41) is 43.6. The summed E-state index contributed by atoms with van der Waals surface area (Å²) in [5.74, 6) is 1.71. The SMILES string of the molecule is CC(N(CSc1ccc([N+](=O)[O-])cc1)Cc1ccccc1O)C(C)(C)COCC(C)C(C)(C)N(CSc1ccc([N+](=O)[O-])cc1)Cc1ccccc1O. The van der Waals surface area contributed by atoms with E-state index >= 15 is 0 Å². The predicted octanol–water partition coefficient (Wildman–Crippen LogP) is 9.56. The second-order valence-electron chi connectivity index (χ2n) is 14.5. The number of non-ortho nitro benzene ring substituents is 2. The van der Waals surface area contributed by atoms with Crippen LogP contribution in [0.25, 0.3) is 0 Å². The van der Waals surface area contributed by atoms with E-state index in [0.717, 1.165) is 20.9 Å². The topological polar surface area (TPSA) is 142 Å². The van der Waals surface area contributed by atoms with E-state index in [-0.39, 0.29) is 45.8 Å². The van der Waals surface area contributed by atoms with Crippen molar-refractivity contribution in [1.29, 1.82) is 0 Å². The van der Waals surface area contributed by atoms with Crippen molar-refractivity contribution in [3.8, 4) is 11.5 Å². The van der Waals surface area contributed by atoms with Crippen molar-refractivity contribution in [1.82, 2.24) is 9.80 Å². The van der Waals surface area contributed by atoms with E-state index in [1.54, 1.807) is 72.1 Å². The van der Waals surface area contributed by atoms with Gasteiger partial charge in [-0.1, -0.05) is 57.2 Å². The molecule has 0 aliphatic heterocycles. The molecular formula is C40H50N4O7S2. The quantitative estimate of drug-likeness (QED) is 0.0385. The van der Waals surface area contributed by atoms with Gasteiger partial charge in [-0.2, -0.15) is 0 Å². The lowest BCUT2D eigenvalue weighted by atomic mass is 9.84. The lowest BCUT2D eigenvalue weighted by molar-refractivity contribution is -0.385. The second-order valence-corrected chi connectivity index (χ2v) is 16.5. The molecule has 0 radical (unpaired) electrons. The normalized spacial score (nSPS) is 13.3. The molecule has 0 spiro atoms. The summed E-state index contributed by atoms with van der Waals surface area (Å²) >= 11 is 3.17. The van der Waals surface area contributed by atoms with Gasteiger partial charge in [-0.15, -0.1) is 23.5 Å². The minimum atomic E-state index is -0.405. The third-order valence-corrected chi connectivity index (χ3v) is 12.3. The number of phenolic OH excluding ortho intramolecular Hbond substituents is 2. The Kier molecular flexibility index (Phi) is 14.7. The summed E-state index contributed by atoms with van der Waals surface area (Å²) in [5.41, 5.74) is 1.05. The highest BCUT2D eigenvalue weighted by Crippen LogP contribution is 2.35. The number of phenols is 2. The molecule has 4 aromatic carbocycles. The molecule has 0 aliphatic carbocycles. The number of nitrogens with zero attached hydrogens (tertiary/aromatic N) is 4. The molecule has 0 aliphatic rings. The number of para-hydroxylation sites is 2. The first-order chi connectivity index (χ1) is 25.1. The van der Waals surface area contributed by atoms with Crippen LogP contribution in [-0.2, 0) is 17.8 Å². The minimum absolute atomic E-state index is 0.0200. The molecule has 0 saturated carbocycles. The Hall–Kier alpha value is -4.14. The van der Waals surface area contributed by atoms with Crippen LogP contribution in [0.4, 0.5) is 11.4 Å². The van der Waals surface area contributed by atoms with Gasteiger partial charge in [0.1, 0.15) is 11.5 Å². The molecule has 2 atom stereocenters. The summed E-state index contributed by atoms with van der Waals surface area (Å²) in [6.45, 7) is 15.0. The number of hydrogen-bond acceptors (Lipinski definition) is 11. The summed E-state index contributed by atoms with van der Waals surface area (Å²) < 4.78 is 6.52. The average molecular weight is 763 g/mol. The number of thioether (sulfide) groups is 2. The number of hydrogen-bond donors (Lipinski definition) is 2. The molecule has 0 fully saturated rings. The van der Waals surface area contributed by atoms with Crippen molar-refractivity contribution in [3.63, 3.8) is 0 Å². The Bertz CT molecular complexity index is 1810. The number of nitro groups is 2. The van der Waals surface area contributed by atoms with Crippen LogP contribution in [0.15, 0.2) is 107 Å². The van der Waals surface area contributed by atoms with Gasteiger partial charge in [0.2, 0.25) is 0 Å². The molecule has 0 saturated heterocycles. The summed E-state index contributed by atoms with van der Waals surface area (Å²) in [6, 6.07) is 27.7. The second kappa shape index (κ2) is 18.8. The van der Waals surface area contributed by atoms with Gasteiger partial charge in [0.25, 0.3) is 11.4 Å². The zero-order valence-electron chi connectivity index (χ0n) is 31.2. The maximum atomic E-state index is 11.2. The molecule has 4 rings (SSSR count). The van der Waals surface area contributed by atoms with Gasteiger partial charge in [-0.3, -0.25) is 30.0 Å². The smallest absolute Gasteiger partial charge is 0.269 e. The lowest BCUT2D eigenvalue weighted by Gasteiger charge is -2.44. The Balaban J connectivity index is 1.44. The van der Waals surface area contributed by atoms with E-state index in [9.17, 15) is 30.4 Å². The molecule has 2 N–H and O–H groups in total. The Morgan fingerprint density at radius 2 is 1.15 bits per heavy atom. The van der Waals surface area contributed by atoms with Crippen LogP contribution in [0.3, 0.4) is 0 Å². The van der Waals surface area contributed by atoms with Gasteiger partial charge in [-0.25, -0.2) is 0 Å². The van der Waals surface area contributed by atoms with Crippen molar-refractivity contribution < 1.29 is 24.8 Å². The van der Waals surface area contributed by atoms with Gasteiger partial charge in [0, 0.05) is 81.1 Å². The maximum absolute atomic E-state index is 11.2. The van der Waals surface area contributed by atoms with E-state index in [1.165, 1.54) is 24.3 Å². The largest absolute Gasteiger partial charge is 0.508 e. The van der Waals surface area contributed by atoms with Crippen LogP contribution in [0.2, 0.25) is 0 Å². The highest BCUT2D eigenvalue weighted by Gasteiger charge is 2.36. The van der Waals surface area contributed by atoms with E-state index in [2.05, 4.69) is 51.3 Å². The van der Waals surface area contributed by atoms with Gasteiger partial charge in [0.15, 0.2) is 0 Å². The van der Waals surface area contributed by atoms with E-state index in [4.69, 9.17) is 4.74 Å². The van der Waals surface area contributed by atoms with Crippen molar-refractivity contribution >= 4 is 34.9 Å². The number of nitro benzene ring substituents is 2. The standard InChI is InChI=1S/C40H50N4O7S2/c1-29(40(5,6)42(24-32-12-8-10-14-38(32)46)28-53-36-21-17-34(18-22-36)44(49)50)25-51-26-39(3,4)30(2)41(23-31-11-7-9-13-37(31)45)27-52-35-19-15-33(16-20-35)43(47)48/h7-22,29-30,45-46H,23-28H2,1-6H3. The van der Waals surface area contributed by atoms with E-state index in [1.807, 2.05) is 24.3 Å². The molecule has 0 bridgehead atoms. The van der Waals surface area contributed by atoms with Crippen LogP contribution < -0.4 is 0 Å². The van der Waals surface area contributed by atoms with Crippen molar-refractivity contribution in [2.75, 3.05) is 25.0 Å². The van der Waals surface area contributed by atoms with Gasteiger partial charge < -0.3 is 14.9 Å². The number of ether oxygens (including phenoxy) is 1. The molecule has 4 aromatic rings. The first-order valence-corrected chi connectivity index (χ1v) is 19.4. The zero-order valence-corrected chi connectivity index (χ0v) is 32.8. The fourth-order valence-corrected chi connectivity index (χ4v) is 7.71. The molecule has 53 heavy (non-hydrogen) atoms. The molecule has 0 heterocycles. The first kappa shape index (κ1) is 41.6. The van der Waals surface area contributed by atoms with Crippen molar-refractivity contribution in [2.45, 2.75) is 76.0 Å². The zero-order chi connectivity index (χ0) is 38.8. The van der Waals surface area contributed by atoms with E-state index < -0.39 is 9.85 Å². The molecule has 0 amide bonds. The highest BCUT2D eigenvalue weighted by molar-refractivity contribution is 7.99. The van der Waals surface area contributed by atoms with Crippen LogP contribution in [0.1, 0.15) is 52.7 Å². The maximum Gasteiger partial charge on any atom is 0.269 e. The average Bonchev–Trinajstić information content (AvgIpc) is 3.13. The van der Waals surface area contributed by atoms with Crippen LogP contribution in [-0.4, -0.2) is 66.4 Å². The summed E-state index contributed by atoms with van der Waals surface area (Å²) in [6.07, 6.45) is 0. The fraction of sp³-hybridized carbons (Fsp3) is 0.400. The molecule has 13 heteroatoms. The number of aromatic hydroxyl groups is 2. The molecular weight excluding hydrogens is 713 g/mol. The molecule has 0 aromatic heterocycles. The van der Waals surface area contributed by atoms with Gasteiger partial charge >= 0.3 is 0 Å². The summed E-state index contributed by atoms with van der Waals surface area (Å²) in [4.78, 5) is 27.9. The molecule has 11 nitrogen and oxygen atoms in total. The number of benzene rings is 4. The monoisotopic (exact) mass is 762 g/mol. The van der Waals surface area contributed by atoms with E-state index in [0.29, 0.717) is 38.1 Å². The lowest BCUT2D eigenvalue weighted by Crippen LogP contribution is -2.50. The molecule has 284 valence electrons. The first-order valence-electron chi connectivity index (χ1n) is 17.4. The predicted molar refractivity (Wildman–Crippen MR) is 212 cm³/mol. The van der Waals surface area contributed by atoms with Crippen LogP contribution in [0.5, 0.6) is 11.5 Å². The molecule has 2 unspecified atom stereocenters. The third kappa shape index (κ3) is 11.7. The van der Waals surface area contributed by atoms with Crippen LogP contribution in [0, 0.1) is 31.6 Å². The third-order valence-electron chi connectivity index (χ3n) is 10.1. The Labute approximate surface area is 320 Å². The fourth-order valence-electron chi connectivity index (χ4n) is 5.69. The number of rotatable bonds is 20. The van der Waals surface area contributed by atoms with Gasteiger partial charge in [0.05, 0.1) is 28.9 Å². The summed E-state index contributed by atoms with van der Waals surface area (Å²) in [7, 11) is 0. The Morgan fingerprint density at radius 1 is 0.698 bits per heavy atom. The van der Waals surface area contributed by atoms with Crippen LogP contribution >= 0.6 is 23.5 Å². The van der Waals surface area contributed by atoms with Gasteiger partial charge in [-0.05, 0) is 63.1 Å². The Morgan fingerprint density at radius 3 is 1.62 bits per heavy atom.